The molecule has 1 aliphatic rings. The third kappa shape index (κ3) is 2.25. The number of aliphatic hydroxyl groups is 1. The molecule has 0 spiro atoms. The minimum absolute atomic E-state index is 0.0242. The van der Waals surface area contributed by atoms with Crippen LogP contribution in [0.1, 0.15) is 32.1 Å². The van der Waals surface area contributed by atoms with Crippen molar-refractivity contribution in [2.75, 3.05) is 7.11 Å². The topological polar surface area (TPSA) is 46.5 Å². The summed E-state index contributed by atoms with van der Waals surface area (Å²) in [6, 6.07) is 0. The Morgan fingerprint density at radius 2 is 1.40 bits per heavy atom. The van der Waals surface area contributed by atoms with E-state index in [1.807, 2.05) is 0 Å². The van der Waals surface area contributed by atoms with Crippen molar-refractivity contribution in [3.63, 3.8) is 0 Å². The van der Waals surface area contributed by atoms with E-state index in [2.05, 4.69) is 4.74 Å². The van der Waals surface area contributed by atoms with Crippen molar-refractivity contribution in [2.45, 2.75) is 50.1 Å². The first-order chi connectivity index (χ1) is 8.94. The van der Waals surface area contributed by atoms with Crippen LogP contribution in [0.5, 0.6) is 0 Å². The lowest BCUT2D eigenvalue weighted by molar-refractivity contribution is -0.402. The van der Waals surface area contributed by atoms with Crippen LogP contribution in [0.4, 0.5) is 26.3 Å². The molecule has 3 nitrogen and oxygen atoms in total. The third-order valence-corrected chi connectivity index (χ3v) is 3.80. The summed E-state index contributed by atoms with van der Waals surface area (Å²) in [5.74, 6) is -1.69. The van der Waals surface area contributed by atoms with Gasteiger partial charge in [0.1, 0.15) is 5.41 Å². The molecule has 9 heteroatoms. The summed E-state index contributed by atoms with van der Waals surface area (Å²) in [6.07, 6.45) is -13.2. The predicted octanol–water partition coefficient (Wildman–Crippen LogP) is 2.97. The molecule has 118 valence electrons. The molecule has 1 N–H and O–H groups in total. The van der Waals surface area contributed by atoms with Crippen molar-refractivity contribution in [3.05, 3.63) is 0 Å². The molecule has 1 aliphatic carbocycles. The number of halogens is 6. The molecule has 0 heterocycles. The van der Waals surface area contributed by atoms with Crippen LogP contribution in [0.15, 0.2) is 0 Å². The van der Waals surface area contributed by atoms with Crippen LogP contribution >= 0.6 is 0 Å². The van der Waals surface area contributed by atoms with Crippen LogP contribution < -0.4 is 0 Å². The fraction of sp³-hybridized carbons (Fsp3) is 0.909. The molecule has 0 amide bonds. The Bertz CT molecular complexity index is 353. The molecular weight excluding hydrogens is 294 g/mol. The highest BCUT2D eigenvalue weighted by atomic mass is 19.4. The first kappa shape index (κ1) is 17.1. The van der Waals surface area contributed by atoms with Gasteiger partial charge in [0.15, 0.2) is 0 Å². The zero-order valence-electron chi connectivity index (χ0n) is 10.6. The van der Waals surface area contributed by atoms with Crippen molar-refractivity contribution < 1.29 is 41.0 Å². The summed E-state index contributed by atoms with van der Waals surface area (Å²) in [4.78, 5) is 11.6. The van der Waals surface area contributed by atoms with Crippen molar-refractivity contribution in [2.24, 2.45) is 5.41 Å². The second-order valence-electron chi connectivity index (χ2n) is 4.84. The van der Waals surface area contributed by atoms with E-state index in [4.69, 9.17) is 0 Å². The molecule has 1 rings (SSSR count). The fourth-order valence-electron chi connectivity index (χ4n) is 2.77. The van der Waals surface area contributed by atoms with E-state index in [1.54, 1.807) is 0 Å². The van der Waals surface area contributed by atoms with Gasteiger partial charge < -0.3 is 9.84 Å². The molecule has 1 fully saturated rings. The van der Waals surface area contributed by atoms with Gasteiger partial charge in [0.2, 0.25) is 0 Å². The number of alkyl halides is 6. The van der Waals surface area contributed by atoms with E-state index in [-0.39, 0.29) is 12.8 Å². The van der Waals surface area contributed by atoms with E-state index < -0.39 is 42.2 Å². The lowest BCUT2D eigenvalue weighted by Gasteiger charge is -2.47. The van der Waals surface area contributed by atoms with Crippen LogP contribution in [0.2, 0.25) is 0 Å². The number of esters is 1. The Morgan fingerprint density at radius 1 is 1.00 bits per heavy atom. The molecule has 0 atom stereocenters. The van der Waals surface area contributed by atoms with Crippen molar-refractivity contribution in [3.8, 4) is 0 Å². The number of hydrogen-bond acceptors (Lipinski definition) is 3. The molecule has 0 unspecified atom stereocenters. The summed E-state index contributed by atoms with van der Waals surface area (Å²) >= 11 is 0. The number of hydrogen-bond donors (Lipinski definition) is 1. The zero-order chi connectivity index (χ0) is 15.8. The third-order valence-electron chi connectivity index (χ3n) is 3.80. The molecule has 0 aromatic carbocycles. The second-order valence-corrected chi connectivity index (χ2v) is 4.84. The highest BCUT2D eigenvalue weighted by molar-refractivity contribution is 5.79. The average molecular weight is 308 g/mol. The van der Waals surface area contributed by atoms with Gasteiger partial charge >= 0.3 is 18.3 Å². The quantitative estimate of drug-likeness (QED) is 0.630. The minimum Gasteiger partial charge on any atom is -0.468 e. The average Bonchev–Trinajstić information content (AvgIpc) is 2.34. The van der Waals surface area contributed by atoms with Crippen LogP contribution in [0.3, 0.4) is 0 Å². The molecule has 0 aliphatic heterocycles. The summed E-state index contributed by atoms with van der Waals surface area (Å²) in [6.45, 7) is 0. The SMILES string of the molecule is COC(=O)C1(C(O)(C(F)(F)F)C(F)(F)F)CCCCC1. The van der Waals surface area contributed by atoms with Gasteiger partial charge in [-0.1, -0.05) is 19.3 Å². The first-order valence-electron chi connectivity index (χ1n) is 5.88. The van der Waals surface area contributed by atoms with Crippen molar-refractivity contribution in [1.82, 2.24) is 0 Å². The number of rotatable bonds is 2. The maximum Gasteiger partial charge on any atom is 0.427 e. The smallest absolute Gasteiger partial charge is 0.427 e. The first-order valence-corrected chi connectivity index (χ1v) is 5.88. The zero-order valence-corrected chi connectivity index (χ0v) is 10.6. The largest absolute Gasteiger partial charge is 0.468 e. The lowest BCUT2D eigenvalue weighted by Crippen LogP contribution is -2.70. The van der Waals surface area contributed by atoms with Crippen LogP contribution in [0, 0.1) is 5.41 Å². The summed E-state index contributed by atoms with van der Waals surface area (Å²) < 4.78 is 81.8. The molecule has 0 saturated heterocycles. The molecule has 1 saturated carbocycles. The Hall–Kier alpha value is -0.990. The molecule has 0 aromatic rings. The molecule has 0 aromatic heterocycles. The van der Waals surface area contributed by atoms with Gasteiger partial charge in [0.05, 0.1) is 7.11 Å². The number of carbonyl (C=O) groups excluding carboxylic acids is 1. The number of carbonyl (C=O) groups is 1. The number of methoxy groups -OCH3 is 1. The van der Waals surface area contributed by atoms with Crippen molar-refractivity contribution in [1.29, 1.82) is 0 Å². The summed E-state index contributed by atoms with van der Waals surface area (Å²) in [5.41, 5.74) is -8.16. The van der Waals surface area contributed by atoms with Gasteiger partial charge in [-0.2, -0.15) is 26.3 Å². The van der Waals surface area contributed by atoms with E-state index in [1.165, 1.54) is 0 Å². The van der Waals surface area contributed by atoms with E-state index >= 15 is 0 Å². The molecule has 0 bridgehead atoms. The Kier molecular flexibility index (Phi) is 4.34. The Labute approximate surface area is 110 Å². The van der Waals surface area contributed by atoms with Crippen LogP contribution in [-0.2, 0) is 9.53 Å². The lowest BCUT2D eigenvalue weighted by atomic mass is 9.62. The maximum atomic E-state index is 12.9. The predicted molar refractivity (Wildman–Crippen MR) is 54.6 cm³/mol. The van der Waals surface area contributed by atoms with E-state index in [0.717, 1.165) is 0 Å². The number of ether oxygens (including phenoxy) is 1. The van der Waals surface area contributed by atoms with Gasteiger partial charge in [-0.25, -0.2) is 0 Å². The van der Waals surface area contributed by atoms with Gasteiger partial charge in [-0.05, 0) is 12.8 Å². The van der Waals surface area contributed by atoms with E-state index in [0.29, 0.717) is 13.5 Å². The highest BCUT2D eigenvalue weighted by Crippen LogP contribution is 2.58. The monoisotopic (exact) mass is 308 g/mol. The standard InChI is InChI=1S/C11H14F6O3/c1-20-7(18)8(5-3-2-4-6-8)9(19,10(12,13)14)11(15,16)17/h19H,2-6H2,1H3. The highest BCUT2D eigenvalue weighted by Gasteiger charge is 2.81. The van der Waals surface area contributed by atoms with Crippen molar-refractivity contribution >= 4 is 5.97 Å². The Morgan fingerprint density at radius 3 is 1.70 bits per heavy atom. The van der Waals surface area contributed by atoms with E-state index in [9.17, 15) is 36.2 Å². The summed E-state index contributed by atoms with van der Waals surface area (Å²) in [5, 5.41) is 9.51. The Balaban J connectivity index is 3.52. The molecule has 0 radical (unpaired) electrons. The second kappa shape index (κ2) is 5.09. The van der Waals surface area contributed by atoms with Crippen LogP contribution in [-0.4, -0.2) is 36.1 Å². The van der Waals surface area contributed by atoms with Crippen LogP contribution in [0.25, 0.3) is 0 Å². The summed E-state index contributed by atoms with van der Waals surface area (Å²) in [7, 11) is 0.700. The van der Waals surface area contributed by atoms with Gasteiger partial charge in [0, 0.05) is 0 Å². The fourth-order valence-corrected chi connectivity index (χ4v) is 2.77. The molecular formula is C11H14F6O3. The normalized spacial score (nSPS) is 20.6. The minimum atomic E-state index is -6.03. The van der Waals surface area contributed by atoms with Gasteiger partial charge in [-0.15, -0.1) is 0 Å². The maximum absolute atomic E-state index is 12.9. The molecule has 20 heavy (non-hydrogen) atoms. The van der Waals surface area contributed by atoms with Gasteiger partial charge in [-0.3, -0.25) is 4.79 Å². The van der Waals surface area contributed by atoms with Gasteiger partial charge in [0.25, 0.3) is 5.60 Å².